The Morgan fingerprint density at radius 3 is 2.19 bits per heavy atom. The molecule has 0 aliphatic carbocycles. The number of carbonyl (C=O) groups is 1. The molecule has 42 heavy (non-hydrogen) atoms. The number of ether oxygens (including phenoxy) is 2. The van der Waals surface area contributed by atoms with Gasteiger partial charge in [-0.25, -0.2) is 0 Å². The van der Waals surface area contributed by atoms with E-state index in [0.29, 0.717) is 19.6 Å². The molecule has 4 nitrogen and oxygen atoms in total. The van der Waals surface area contributed by atoms with Crippen LogP contribution in [0.2, 0.25) is 5.02 Å². The molecule has 0 bridgehead atoms. The maximum Gasteiger partial charge on any atom is 0.125 e. The zero-order valence-corrected chi connectivity index (χ0v) is 26.7. The summed E-state index contributed by atoms with van der Waals surface area (Å²) in [5, 5.41) is 4.15. The average molecular weight is 600 g/mol. The Hall–Kier alpha value is -3.41. The molecule has 0 amide bonds. The highest BCUT2D eigenvalue weighted by Gasteiger charge is 2.28. The quantitative estimate of drug-likeness (QED) is 0.118. The van der Waals surface area contributed by atoms with E-state index < -0.39 is 5.41 Å². The summed E-state index contributed by atoms with van der Waals surface area (Å²) in [6, 6.07) is 26.8. The van der Waals surface area contributed by atoms with E-state index >= 15 is 0 Å². The highest BCUT2D eigenvalue weighted by Crippen LogP contribution is 2.44. The first-order chi connectivity index (χ1) is 19.9. The molecule has 0 atom stereocenters. The summed E-state index contributed by atoms with van der Waals surface area (Å²) in [7, 11) is 1.68. The third-order valence-electron chi connectivity index (χ3n) is 7.21. The van der Waals surface area contributed by atoms with Crippen molar-refractivity contribution >= 4 is 51.3 Å². The van der Waals surface area contributed by atoms with Crippen molar-refractivity contribution in [2.75, 3.05) is 7.11 Å². The summed E-state index contributed by atoms with van der Waals surface area (Å²) in [6.45, 7) is 11.8. The average Bonchev–Trinajstić information content (AvgIpc) is 3.22. The molecule has 1 aromatic heterocycles. The molecule has 5 rings (SSSR count). The zero-order chi connectivity index (χ0) is 30.1. The van der Waals surface area contributed by atoms with Crippen LogP contribution in [0, 0.1) is 5.41 Å². The van der Waals surface area contributed by atoms with Crippen LogP contribution in [0.3, 0.4) is 0 Å². The van der Waals surface area contributed by atoms with Crippen LogP contribution in [0.15, 0.2) is 83.8 Å². The van der Waals surface area contributed by atoms with Crippen LogP contribution in [0.5, 0.6) is 11.5 Å². The van der Waals surface area contributed by atoms with Crippen molar-refractivity contribution in [3.8, 4) is 11.5 Å². The van der Waals surface area contributed by atoms with Crippen molar-refractivity contribution in [3.05, 3.63) is 101 Å². The first-order valence-corrected chi connectivity index (χ1v) is 15.4. The van der Waals surface area contributed by atoms with E-state index in [1.807, 2.05) is 55.9 Å². The minimum atomic E-state index is -0.501. The lowest BCUT2D eigenvalue weighted by Gasteiger charge is -2.23. The number of methoxy groups -OCH3 is 1. The van der Waals surface area contributed by atoms with Gasteiger partial charge in [0.05, 0.1) is 7.11 Å². The van der Waals surface area contributed by atoms with Crippen molar-refractivity contribution in [3.63, 3.8) is 0 Å². The highest BCUT2D eigenvalue weighted by atomic mass is 35.5. The molecule has 0 aliphatic rings. The fourth-order valence-electron chi connectivity index (χ4n) is 5.12. The second-order valence-electron chi connectivity index (χ2n) is 12.5. The lowest BCUT2D eigenvalue weighted by Crippen LogP contribution is -2.20. The maximum absolute atomic E-state index is 12.1. The van der Waals surface area contributed by atoms with E-state index in [-0.39, 0.29) is 4.75 Å². The van der Waals surface area contributed by atoms with Crippen molar-refractivity contribution in [2.24, 2.45) is 5.41 Å². The van der Waals surface area contributed by atoms with E-state index in [2.05, 4.69) is 73.9 Å². The maximum atomic E-state index is 12.1. The van der Waals surface area contributed by atoms with Crippen molar-refractivity contribution in [1.29, 1.82) is 0 Å². The van der Waals surface area contributed by atoms with Gasteiger partial charge >= 0.3 is 0 Å². The Morgan fingerprint density at radius 2 is 1.50 bits per heavy atom. The second kappa shape index (κ2) is 12.1. The van der Waals surface area contributed by atoms with Gasteiger partial charge in [-0.3, -0.25) is 0 Å². The number of benzene rings is 4. The first kappa shape index (κ1) is 30.1. The SMILES string of the molecule is COc1ccc2cc(COc3ccc4c(c3)c(SC(C)(C)C)c(CC(C)(C)C=O)n4Cc3ccc(Cl)cc3)ccc2c1. The van der Waals surface area contributed by atoms with Crippen LogP contribution in [0.1, 0.15) is 51.4 Å². The van der Waals surface area contributed by atoms with Gasteiger partial charge in [0.15, 0.2) is 0 Å². The van der Waals surface area contributed by atoms with Gasteiger partial charge in [-0.1, -0.05) is 76.6 Å². The fraction of sp³-hybridized carbons (Fsp3) is 0.306. The first-order valence-electron chi connectivity index (χ1n) is 14.2. The van der Waals surface area contributed by atoms with E-state index in [1.165, 1.54) is 10.6 Å². The molecule has 0 saturated heterocycles. The monoisotopic (exact) mass is 599 g/mol. The van der Waals surface area contributed by atoms with Gasteiger partial charge in [-0.05, 0) is 70.4 Å². The Labute approximate surface area is 258 Å². The molecule has 218 valence electrons. The predicted molar refractivity (Wildman–Crippen MR) is 176 cm³/mol. The Bertz CT molecular complexity index is 1730. The molecular formula is C36H38ClNO3S. The van der Waals surface area contributed by atoms with E-state index in [4.69, 9.17) is 21.1 Å². The lowest BCUT2D eigenvalue weighted by molar-refractivity contribution is -0.114. The third kappa shape index (κ3) is 6.96. The molecule has 0 fully saturated rings. The van der Waals surface area contributed by atoms with Crippen molar-refractivity contribution in [2.45, 2.75) is 63.8 Å². The number of thioether (sulfide) groups is 1. The number of aldehydes is 1. The molecule has 0 unspecified atom stereocenters. The van der Waals surface area contributed by atoms with Crippen LogP contribution >= 0.6 is 23.4 Å². The van der Waals surface area contributed by atoms with E-state index in [9.17, 15) is 4.79 Å². The Balaban J connectivity index is 1.54. The standard InChI is InChI=1S/C36H38ClNO3S/c1-35(2,3)42-34-31-19-30(41-22-25-7-10-27-18-29(40-6)14-11-26(27)17-25)15-16-32(31)38(33(34)20-36(4,5)23-39)21-24-8-12-28(37)13-9-24/h7-19,23H,20-22H2,1-6H3. The molecule has 4 aromatic carbocycles. The van der Waals surface area contributed by atoms with Crippen LogP contribution in [-0.4, -0.2) is 22.7 Å². The number of hydrogen-bond donors (Lipinski definition) is 0. The predicted octanol–water partition coefficient (Wildman–Crippen LogP) is 9.74. The van der Waals surface area contributed by atoms with Gasteiger partial charge in [0.1, 0.15) is 24.4 Å². The topological polar surface area (TPSA) is 40.5 Å². The van der Waals surface area contributed by atoms with E-state index in [0.717, 1.165) is 55.6 Å². The summed E-state index contributed by atoms with van der Waals surface area (Å²) in [5.74, 6) is 1.67. The van der Waals surface area contributed by atoms with Gasteiger partial charge in [-0.15, -0.1) is 11.8 Å². The number of aromatic nitrogens is 1. The summed E-state index contributed by atoms with van der Waals surface area (Å²) in [5.41, 5.74) is 4.05. The van der Waals surface area contributed by atoms with Gasteiger partial charge in [0, 0.05) is 49.6 Å². The summed E-state index contributed by atoms with van der Waals surface area (Å²) < 4.78 is 14.1. The van der Waals surface area contributed by atoms with Gasteiger partial charge in [-0.2, -0.15) is 0 Å². The molecular weight excluding hydrogens is 562 g/mol. The summed E-state index contributed by atoms with van der Waals surface area (Å²) in [6.07, 6.45) is 1.70. The molecule has 0 N–H and O–H groups in total. The Kier molecular flexibility index (Phi) is 8.63. The van der Waals surface area contributed by atoms with Gasteiger partial charge in [0.25, 0.3) is 0 Å². The van der Waals surface area contributed by atoms with Crippen molar-refractivity contribution < 1.29 is 14.3 Å². The molecule has 5 aromatic rings. The van der Waals surface area contributed by atoms with Crippen molar-refractivity contribution in [1.82, 2.24) is 4.57 Å². The number of rotatable bonds is 10. The highest BCUT2D eigenvalue weighted by molar-refractivity contribution is 8.00. The molecule has 1 heterocycles. The van der Waals surface area contributed by atoms with Crippen LogP contribution in [-0.2, 0) is 24.4 Å². The van der Waals surface area contributed by atoms with Crippen LogP contribution in [0.4, 0.5) is 0 Å². The normalized spacial score (nSPS) is 12.2. The molecule has 0 aliphatic heterocycles. The zero-order valence-electron chi connectivity index (χ0n) is 25.2. The fourth-order valence-corrected chi connectivity index (χ4v) is 6.44. The number of nitrogens with zero attached hydrogens (tertiary/aromatic N) is 1. The van der Waals surface area contributed by atoms with Gasteiger partial charge in [0.2, 0.25) is 0 Å². The minimum absolute atomic E-state index is 0.0237. The van der Waals surface area contributed by atoms with Crippen LogP contribution < -0.4 is 9.47 Å². The van der Waals surface area contributed by atoms with Crippen LogP contribution in [0.25, 0.3) is 21.7 Å². The molecule has 6 heteroatoms. The second-order valence-corrected chi connectivity index (χ2v) is 14.8. The van der Waals surface area contributed by atoms with E-state index in [1.54, 1.807) is 7.11 Å². The summed E-state index contributed by atoms with van der Waals surface area (Å²) >= 11 is 8.03. The molecule has 0 spiro atoms. The third-order valence-corrected chi connectivity index (χ3v) is 8.74. The Morgan fingerprint density at radius 1 is 0.833 bits per heavy atom. The smallest absolute Gasteiger partial charge is 0.125 e. The number of carbonyl (C=O) groups excluding carboxylic acids is 1. The molecule has 0 saturated carbocycles. The van der Waals surface area contributed by atoms with Gasteiger partial charge < -0.3 is 18.8 Å². The summed E-state index contributed by atoms with van der Waals surface area (Å²) in [4.78, 5) is 13.3. The largest absolute Gasteiger partial charge is 0.497 e. The number of hydrogen-bond acceptors (Lipinski definition) is 4. The molecule has 0 radical (unpaired) electrons. The number of fused-ring (bicyclic) bond motifs is 2. The lowest BCUT2D eigenvalue weighted by atomic mass is 9.89. The number of halogens is 1. The minimum Gasteiger partial charge on any atom is -0.497 e.